The number of thiophene rings is 1. The minimum absolute atomic E-state index is 0.118. The molecule has 0 saturated heterocycles. The van der Waals surface area contributed by atoms with Crippen molar-refractivity contribution >= 4 is 31.5 Å². The van der Waals surface area contributed by atoms with Crippen LogP contribution in [0.3, 0.4) is 0 Å². The molecule has 274 valence electrons. The van der Waals surface area contributed by atoms with Crippen molar-refractivity contribution < 1.29 is 0 Å². The van der Waals surface area contributed by atoms with Crippen LogP contribution in [0.1, 0.15) is 25.0 Å². The zero-order valence-corrected chi connectivity index (χ0v) is 33.1. The number of benzene rings is 8. The maximum absolute atomic E-state index is 5.34. The highest BCUT2D eigenvalue weighted by atomic mass is 32.1. The first-order valence-electron chi connectivity index (χ1n) is 19.9. The van der Waals surface area contributed by atoms with Crippen LogP contribution >= 0.6 is 11.3 Å². The lowest BCUT2D eigenvalue weighted by molar-refractivity contribution is 0.660. The largest absolute Gasteiger partial charge is 0.228 e. The summed E-state index contributed by atoms with van der Waals surface area (Å²) in [5.41, 5.74) is 17.2. The molecular weight excluding hydrogens is 721 g/mol. The molecule has 0 aliphatic heterocycles. The van der Waals surface area contributed by atoms with E-state index in [0.717, 1.165) is 44.8 Å². The van der Waals surface area contributed by atoms with E-state index in [1.807, 2.05) is 17.4 Å². The SMILES string of the molecule is CC1(C)c2ccccc2-c2ccc(-c3cc(-c4cc(-c5ccc(-c6ccccc6)cc5)cc(-c5cccc6c5sc5ccccc56)c4)nc(-c4ccccc4)n3)cc21. The second kappa shape index (κ2) is 13.6. The first-order valence-corrected chi connectivity index (χ1v) is 20.7. The lowest BCUT2D eigenvalue weighted by atomic mass is 9.82. The molecule has 2 heterocycles. The number of aromatic nitrogens is 2. The first-order chi connectivity index (χ1) is 28.5. The molecule has 0 unspecified atom stereocenters. The fraction of sp³-hybridized carbons (Fsp3) is 0.0545. The van der Waals surface area contributed by atoms with Crippen LogP contribution in [0.2, 0.25) is 0 Å². The average molecular weight is 759 g/mol. The van der Waals surface area contributed by atoms with Gasteiger partial charge in [0.15, 0.2) is 5.82 Å². The Bertz CT molecular complexity index is 3180. The maximum atomic E-state index is 5.34. The quantitative estimate of drug-likeness (QED) is 0.169. The fourth-order valence-corrected chi connectivity index (χ4v) is 10.1. The van der Waals surface area contributed by atoms with Crippen LogP contribution in [-0.2, 0) is 5.41 Å². The second-order valence-corrected chi connectivity index (χ2v) is 16.8. The van der Waals surface area contributed by atoms with Crippen molar-refractivity contribution in [3.8, 4) is 78.4 Å². The third kappa shape index (κ3) is 5.78. The van der Waals surface area contributed by atoms with Gasteiger partial charge in [-0.25, -0.2) is 9.97 Å². The summed E-state index contributed by atoms with van der Waals surface area (Å²) >= 11 is 1.86. The zero-order chi connectivity index (χ0) is 38.8. The Kier molecular flexibility index (Phi) is 8.06. The van der Waals surface area contributed by atoms with Gasteiger partial charge in [-0.3, -0.25) is 0 Å². The highest BCUT2D eigenvalue weighted by Crippen LogP contribution is 2.50. The summed E-state index contributed by atoms with van der Waals surface area (Å²) in [6.45, 7) is 4.66. The summed E-state index contributed by atoms with van der Waals surface area (Å²) in [5.74, 6) is 0.710. The molecule has 1 aliphatic rings. The van der Waals surface area contributed by atoms with Gasteiger partial charge in [-0.2, -0.15) is 0 Å². The Balaban J connectivity index is 1.12. The Morgan fingerprint density at radius 1 is 0.362 bits per heavy atom. The monoisotopic (exact) mass is 758 g/mol. The molecule has 0 amide bonds. The number of hydrogen-bond acceptors (Lipinski definition) is 3. The predicted molar refractivity (Wildman–Crippen MR) is 245 cm³/mol. The minimum Gasteiger partial charge on any atom is -0.228 e. The zero-order valence-electron chi connectivity index (χ0n) is 32.3. The smallest absolute Gasteiger partial charge is 0.160 e. The van der Waals surface area contributed by atoms with Crippen LogP contribution in [0.5, 0.6) is 0 Å². The van der Waals surface area contributed by atoms with E-state index in [2.05, 4.69) is 202 Å². The lowest BCUT2D eigenvalue weighted by Gasteiger charge is -2.22. The van der Waals surface area contributed by atoms with Crippen LogP contribution in [0.25, 0.3) is 98.6 Å². The Morgan fingerprint density at radius 2 is 0.914 bits per heavy atom. The topological polar surface area (TPSA) is 25.8 Å². The lowest BCUT2D eigenvalue weighted by Crippen LogP contribution is -2.14. The third-order valence-electron chi connectivity index (χ3n) is 11.9. The fourth-order valence-electron chi connectivity index (χ4n) is 8.88. The summed E-state index contributed by atoms with van der Waals surface area (Å²) in [5, 5.41) is 2.58. The maximum Gasteiger partial charge on any atom is 0.160 e. The second-order valence-electron chi connectivity index (χ2n) is 15.8. The van der Waals surface area contributed by atoms with Gasteiger partial charge in [-0.05, 0) is 92.0 Å². The van der Waals surface area contributed by atoms with E-state index in [0.29, 0.717) is 5.82 Å². The van der Waals surface area contributed by atoms with E-state index < -0.39 is 0 Å². The molecule has 0 radical (unpaired) electrons. The minimum atomic E-state index is -0.118. The first kappa shape index (κ1) is 34.3. The van der Waals surface area contributed by atoms with E-state index in [1.54, 1.807) is 0 Å². The average Bonchev–Trinajstić information content (AvgIpc) is 3.78. The van der Waals surface area contributed by atoms with Crippen LogP contribution in [0.4, 0.5) is 0 Å². The van der Waals surface area contributed by atoms with Gasteiger partial charge in [0.1, 0.15) is 0 Å². The molecule has 10 aromatic rings. The van der Waals surface area contributed by atoms with Gasteiger partial charge in [0.05, 0.1) is 11.4 Å². The molecule has 2 nitrogen and oxygen atoms in total. The third-order valence-corrected chi connectivity index (χ3v) is 13.1. The van der Waals surface area contributed by atoms with Crippen LogP contribution in [0.15, 0.2) is 194 Å². The normalized spacial score (nSPS) is 12.8. The highest BCUT2D eigenvalue weighted by Gasteiger charge is 2.35. The number of hydrogen-bond donors (Lipinski definition) is 0. The molecule has 58 heavy (non-hydrogen) atoms. The highest BCUT2D eigenvalue weighted by molar-refractivity contribution is 7.26. The number of nitrogens with zero attached hydrogens (tertiary/aromatic N) is 2. The van der Waals surface area contributed by atoms with Crippen molar-refractivity contribution in [2.75, 3.05) is 0 Å². The van der Waals surface area contributed by atoms with Crippen molar-refractivity contribution in [2.24, 2.45) is 0 Å². The van der Waals surface area contributed by atoms with Gasteiger partial charge in [0.2, 0.25) is 0 Å². The standard InChI is InChI=1S/C55H38N2S/c1-55(2)48-22-11-9-18-44(48)45-29-28-39(33-49(45)55)50-34-51(57-54(56-50)38-16-7-4-8-17-38)42-31-40(37-26-24-36(25-27-37)35-14-5-3-6-15-35)30-41(32-42)43-20-13-21-47-46-19-10-12-23-52(46)58-53(43)47/h3-34H,1-2H3. The molecule has 2 aromatic heterocycles. The number of rotatable bonds is 6. The molecule has 0 atom stereocenters. The predicted octanol–water partition coefficient (Wildman–Crippen LogP) is 15.2. The molecular formula is C55H38N2S. The van der Waals surface area contributed by atoms with Crippen molar-refractivity contribution in [3.63, 3.8) is 0 Å². The van der Waals surface area contributed by atoms with E-state index in [4.69, 9.17) is 9.97 Å². The summed E-state index contributed by atoms with van der Waals surface area (Å²) in [4.78, 5) is 10.6. The van der Waals surface area contributed by atoms with E-state index >= 15 is 0 Å². The van der Waals surface area contributed by atoms with Crippen LogP contribution in [-0.4, -0.2) is 9.97 Å². The molecule has 0 N–H and O–H groups in total. The summed E-state index contributed by atoms with van der Waals surface area (Å²) in [6.07, 6.45) is 0. The molecule has 1 aliphatic carbocycles. The molecule has 11 rings (SSSR count). The molecule has 0 spiro atoms. The molecule has 8 aromatic carbocycles. The van der Waals surface area contributed by atoms with Gasteiger partial charge < -0.3 is 0 Å². The molecule has 3 heteroatoms. The van der Waals surface area contributed by atoms with E-state index in [-0.39, 0.29) is 5.41 Å². The van der Waals surface area contributed by atoms with E-state index in [9.17, 15) is 0 Å². The summed E-state index contributed by atoms with van der Waals surface area (Å²) < 4.78 is 2.59. The van der Waals surface area contributed by atoms with E-state index in [1.165, 1.54) is 59.1 Å². The van der Waals surface area contributed by atoms with Gasteiger partial charge in [-0.1, -0.05) is 172 Å². The molecule has 0 saturated carbocycles. The van der Waals surface area contributed by atoms with Crippen molar-refractivity contribution in [1.82, 2.24) is 9.97 Å². The van der Waals surface area contributed by atoms with Gasteiger partial charge in [0.25, 0.3) is 0 Å². The summed E-state index contributed by atoms with van der Waals surface area (Å²) in [6, 6.07) is 70.2. The van der Waals surface area contributed by atoms with Gasteiger partial charge in [0, 0.05) is 42.3 Å². The Labute approximate surface area is 342 Å². The Morgan fingerprint density at radius 3 is 1.71 bits per heavy atom. The van der Waals surface area contributed by atoms with Crippen LogP contribution < -0.4 is 0 Å². The van der Waals surface area contributed by atoms with Crippen LogP contribution in [0, 0.1) is 0 Å². The summed E-state index contributed by atoms with van der Waals surface area (Å²) in [7, 11) is 0. The van der Waals surface area contributed by atoms with Crippen molar-refractivity contribution in [3.05, 3.63) is 205 Å². The molecule has 0 fully saturated rings. The van der Waals surface area contributed by atoms with Crippen molar-refractivity contribution in [1.29, 1.82) is 0 Å². The molecule has 0 bridgehead atoms. The van der Waals surface area contributed by atoms with Crippen molar-refractivity contribution in [2.45, 2.75) is 19.3 Å². The number of fused-ring (bicyclic) bond motifs is 6. The Hall–Kier alpha value is -6.94. The van der Waals surface area contributed by atoms with Gasteiger partial charge in [-0.15, -0.1) is 11.3 Å². The van der Waals surface area contributed by atoms with Gasteiger partial charge >= 0.3 is 0 Å².